The van der Waals surface area contributed by atoms with Gasteiger partial charge in [-0.15, -0.1) is 11.3 Å². The molecule has 2 heterocycles. The van der Waals surface area contributed by atoms with E-state index in [1.807, 2.05) is 23.7 Å². The van der Waals surface area contributed by atoms with E-state index in [0.29, 0.717) is 0 Å². The summed E-state index contributed by atoms with van der Waals surface area (Å²) >= 11 is 1.81. The van der Waals surface area contributed by atoms with Gasteiger partial charge >= 0.3 is 0 Å². The van der Waals surface area contributed by atoms with Crippen molar-refractivity contribution < 1.29 is 0 Å². The van der Waals surface area contributed by atoms with Crippen LogP contribution in [0.15, 0.2) is 29.9 Å². The molecule has 2 aromatic heterocycles. The third-order valence-electron chi connectivity index (χ3n) is 2.23. The van der Waals surface area contributed by atoms with E-state index in [4.69, 9.17) is 0 Å². The molecule has 0 radical (unpaired) electrons. The van der Waals surface area contributed by atoms with Crippen LogP contribution in [0.2, 0.25) is 0 Å². The van der Waals surface area contributed by atoms with Gasteiger partial charge in [0.15, 0.2) is 0 Å². The maximum atomic E-state index is 4.26. The Bertz CT molecular complexity index is 392. The number of imidazole rings is 1. The van der Waals surface area contributed by atoms with Crippen molar-refractivity contribution in [3.05, 3.63) is 34.8 Å². The average molecular weight is 221 g/mol. The third-order valence-corrected chi connectivity index (χ3v) is 3.17. The van der Waals surface area contributed by atoms with Gasteiger partial charge in [-0.25, -0.2) is 4.98 Å². The Hall–Kier alpha value is -1.29. The fourth-order valence-electron chi connectivity index (χ4n) is 1.50. The minimum atomic E-state index is 0.913. The molecular weight excluding hydrogens is 206 g/mol. The predicted octanol–water partition coefficient (Wildman–Crippen LogP) is 2.62. The molecule has 15 heavy (non-hydrogen) atoms. The van der Waals surface area contributed by atoms with Crippen LogP contribution >= 0.6 is 11.3 Å². The maximum Gasteiger partial charge on any atom is 0.202 e. The first-order valence-electron chi connectivity index (χ1n) is 5.17. The van der Waals surface area contributed by atoms with Crippen molar-refractivity contribution in [1.82, 2.24) is 9.55 Å². The molecule has 0 atom stereocenters. The molecule has 0 aromatic carbocycles. The quantitative estimate of drug-likeness (QED) is 0.841. The van der Waals surface area contributed by atoms with Gasteiger partial charge in [-0.2, -0.15) is 0 Å². The number of nitrogens with zero attached hydrogens (tertiary/aromatic N) is 2. The highest BCUT2D eigenvalue weighted by Gasteiger charge is 2.01. The summed E-state index contributed by atoms with van der Waals surface area (Å²) < 4.78 is 2.16. The van der Waals surface area contributed by atoms with Crippen LogP contribution in [0.5, 0.6) is 0 Å². The molecule has 2 aromatic rings. The lowest BCUT2D eigenvalue weighted by atomic mass is 10.3. The van der Waals surface area contributed by atoms with Crippen LogP contribution in [0.25, 0.3) is 0 Å². The zero-order chi connectivity index (χ0) is 10.5. The second-order valence-corrected chi connectivity index (χ2v) is 4.34. The summed E-state index contributed by atoms with van der Waals surface area (Å²) in [6.07, 6.45) is 4.93. The maximum absolute atomic E-state index is 4.26. The van der Waals surface area contributed by atoms with E-state index >= 15 is 0 Å². The number of aromatic nitrogens is 2. The zero-order valence-corrected chi connectivity index (χ0v) is 9.63. The molecule has 0 saturated heterocycles. The van der Waals surface area contributed by atoms with Crippen molar-refractivity contribution in [2.24, 2.45) is 0 Å². The number of anilines is 1. The van der Waals surface area contributed by atoms with Crippen molar-refractivity contribution in [3.8, 4) is 0 Å². The van der Waals surface area contributed by atoms with Gasteiger partial charge in [0.05, 0.1) is 0 Å². The molecule has 0 aliphatic heterocycles. The summed E-state index contributed by atoms with van der Waals surface area (Å²) in [5, 5.41) is 5.36. The first-order valence-corrected chi connectivity index (χ1v) is 6.05. The molecule has 1 N–H and O–H groups in total. The van der Waals surface area contributed by atoms with Crippen LogP contribution in [0.4, 0.5) is 5.95 Å². The smallest absolute Gasteiger partial charge is 0.202 e. The molecule has 0 spiro atoms. The van der Waals surface area contributed by atoms with E-state index in [1.54, 1.807) is 0 Å². The summed E-state index contributed by atoms with van der Waals surface area (Å²) in [5.74, 6) is 0.967. The summed E-state index contributed by atoms with van der Waals surface area (Å²) in [6, 6.07) is 4.27. The summed E-state index contributed by atoms with van der Waals surface area (Å²) in [6.45, 7) is 3.98. The van der Waals surface area contributed by atoms with Gasteiger partial charge in [0, 0.05) is 30.4 Å². The third kappa shape index (κ3) is 2.59. The van der Waals surface area contributed by atoms with Gasteiger partial charge in [-0.3, -0.25) is 0 Å². The highest BCUT2D eigenvalue weighted by Crippen LogP contribution is 2.12. The minimum Gasteiger partial charge on any atom is -0.356 e. The molecule has 0 fully saturated rings. The molecular formula is C11H15N3S. The van der Waals surface area contributed by atoms with Gasteiger partial charge in [0.1, 0.15) is 0 Å². The van der Waals surface area contributed by atoms with Crippen molar-refractivity contribution in [1.29, 1.82) is 0 Å². The Morgan fingerprint density at radius 1 is 1.53 bits per heavy atom. The van der Waals surface area contributed by atoms with Crippen LogP contribution in [0, 0.1) is 0 Å². The van der Waals surface area contributed by atoms with Gasteiger partial charge in [-0.05, 0) is 24.8 Å². The number of rotatable bonds is 5. The molecule has 2 rings (SSSR count). The molecule has 0 unspecified atom stereocenters. The molecule has 0 saturated carbocycles. The normalized spacial score (nSPS) is 10.5. The van der Waals surface area contributed by atoms with Crippen molar-refractivity contribution in [2.75, 3.05) is 11.9 Å². The number of thiophene rings is 1. The van der Waals surface area contributed by atoms with E-state index in [2.05, 4.69) is 39.3 Å². The number of aryl methyl sites for hydroxylation is 2. The lowest BCUT2D eigenvalue weighted by Crippen LogP contribution is -2.07. The van der Waals surface area contributed by atoms with Crippen LogP contribution in [-0.4, -0.2) is 16.1 Å². The molecule has 4 heteroatoms. The lowest BCUT2D eigenvalue weighted by Gasteiger charge is -2.07. The Balaban J connectivity index is 1.95. The van der Waals surface area contributed by atoms with E-state index in [-0.39, 0.29) is 0 Å². The zero-order valence-electron chi connectivity index (χ0n) is 8.81. The Morgan fingerprint density at radius 3 is 3.20 bits per heavy atom. The summed E-state index contributed by atoms with van der Waals surface area (Å²) in [4.78, 5) is 5.68. The van der Waals surface area contributed by atoms with Crippen LogP contribution in [0.1, 0.15) is 11.8 Å². The van der Waals surface area contributed by atoms with Crippen molar-refractivity contribution in [3.63, 3.8) is 0 Å². The molecule has 3 nitrogen and oxygen atoms in total. The van der Waals surface area contributed by atoms with Gasteiger partial charge in [-0.1, -0.05) is 6.07 Å². The van der Waals surface area contributed by atoms with Gasteiger partial charge in [0.25, 0.3) is 0 Å². The molecule has 0 aliphatic rings. The highest BCUT2D eigenvalue weighted by atomic mass is 32.1. The minimum absolute atomic E-state index is 0.913. The van der Waals surface area contributed by atoms with Crippen LogP contribution in [-0.2, 0) is 13.0 Å². The Labute approximate surface area is 93.8 Å². The predicted molar refractivity (Wildman–Crippen MR) is 64.4 cm³/mol. The fourth-order valence-corrected chi connectivity index (χ4v) is 2.20. The van der Waals surface area contributed by atoms with Gasteiger partial charge < -0.3 is 9.88 Å². The van der Waals surface area contributed by atoms with E-state index in [1.165, 1.54) is 4.88 Å². The Kier molecular flexibility index (Phi) is 3.40. The standard InChI is InChI=1S/C11H15N3S/c1-2-12-11-13-6-8-14(11)7-5-10-4-3-9-15-10/h3-4,6,8-9H,2,5,7H2,1H3,(H,12,13). The van der Waals surface area contributed by atoms with Crippen molar-refractivity contribution >= 4 is 17.3 Å². The lowest BCUT2D eigenvalue weighted by molar-refractivity contribution is 0.706. The molecule has 80 valence electrons. The molecule has 0 aliphatic carbocycles. The largest absolute Gasteiger partial charge is 0.356 e. The number of hydrogen-bond acceptors (Lipinski definition) is 3. The summed E-state index contributed by atoms with van der Waals surface area (Å²) in [7, 11) is 0. The van der Waals surface area contributed by atoms with E-state index < -0.39 is 0 Å². The highest BCUT2D eigenvalue weighted by molar-refractivity contribution is 7.09. The fraction of sp³-hybridized carbons (Fsp3) is 0.364. The Morgan fingerprint density at radius 2 is 2.47 bits per heavy atom. The topological polar surface area (TPSA) is 29.9 Å². The molecule has 0 bridgehead atoms. The number of nitrogens with one attached hydrogen (secondary N) is 1. The van der Waals surface area contributed by atoms with Crippen molar-refractivity contribution in [2.45, 2.75) is 19.9 Å². The van der Waals surface area contributed by atoms with E-state index in [0.717, 1.165) is 25.5 Å². The first-order chi connectivity index (χ1) is 7.40. The first kappa shape index (κ1) is 10.2. The summed E-state index contributed by atoms with van der Waals surface area (Å²) in [5.41, 5.74) is 0. The molecule has 0 amide bonds. The SMILES string of the molecule is CCNc1nccn1CCc1cccs1. The van der Waals surface area contributed by atoms with Gasteiger partial charge in [0.2, 0.25) is 5.95 Å². The monoisotopic (exact) mass is 221 g/mol. The van der Waals surface area contributed by atoms with Crippen LogP contribution < -0.4 is 5.32 Å². The van der Waals surface area contributed by atoms with Crippen LogP contribution in [0.3, 0.4) is 0 Å². The average Bonchev–Trinajstić information content (AvgIpc) is 2.85. The number of hydrogen-bond donors (Lipinski definition) is 1. The van der Waals surface area contributed by atoms with E-state index in [9.17, 15) is 0 Å². The second-order valence-electron chi connectivity index (χ2n) is 3.30. The second kappa shape index (κ2) is 4.98.